The average molecular weight is 720 g/mol. The number of furan rings is 1. The van der Waals surface area contributed by atoms with Gasteiger partial charge in [-0.15, -0.1) is 11.3 Å². The van der Waals surface area contributed by atoms with Gasteiger partial charge in [0.2, 0.25) is 0 Å². The van der Waals surface area contributed by atoms with Crippen LogP contribution in [0.2, 0.25) is 0 Å². The highest BCUT2D eigenvalue weighted by atomic mass is 32.1. The van der Waals surface area contributed by atoms with E-state index in [1.54, 1.807) is 0 Å². The number of thiophene rings is 1. The van der Waals surface area contributed by atoms with Crippen LogP contribution in [0.1, 0.15) is 0 Å². The molecule has 256 valence electrons. The number of fused-ring (bicyclic) bond motifs is 10. The first-order chi connectivity index (χ1) is 27.2. The zero-order chi connectivity index (χ0) is 36.0. The van der Waals surface area contributed by atoms with Crippen LogP contribution in [-0.2, 0) is 0 Å². The van der Waals surface area contributed by atoms with E-state index >= 15 is 0 Å². The molecule has 0 radical (unpaired) electrons. The lowest BCUT2D eigenvalue weighted by molar-refractivity contribution is 0.669. The lowest BCUT2D eigenvalue weighted by atomic mass is 9.99. The summed E-state index contributed by atoms with van der Waals surface area (Å²) in [4.78, 5) is 10.5. The van der Waals surface area contributed by atoms with Crippen LogP contribution in [0.15, 0.2) is 180 Å². The van der Waals surface area contributed by atoms with Crippen molar-refractivity contribution < 1.29 is 4.42 Å². The second-order valence-electron chi connectivity index (χ2n) is 14.1. The van der Waals surface area contributed by atoms with Crippen molar-refractivity contribution in [3.05, 3.63) is 176 Å². The van der Waals surface area contributed by atoms with E-state index in [0.717, 1.165) is 60.9 Å². The van der Waals surface area contributed by atoms with Gasteiger partial charge in [-0.05, 0) is 77.9 Å². The van der Waals surface area contributed by atoms with Crippen LogP contribution in [0.5, 0.6) is 0 Å². The summed E-state index contributed by atoms with van der Waals surface area (Å²) in [6.45, 7) is 0. The predicted octanol–water partition coefficient (Wildman–Crippen LogP) is 14.0. The molecule has 4 heterocycles. The van der Waals surface area contributed by atoms with E-state index in [4.69, 9.17) is 14.4 Å². The van der Waals surface area contributed by atoms with E-state index in [0.29, 0.717) is 5.82 Å². The smallest absolute Gasteiger partial charge is 0.161 e. The van der Waals surface area contributed by atoms with E-state index in [1.165, 1.54) is 47.5 Å². The van der Waals surface area contributed by atoms with Crippen molar-refractivity contribution in [2.24, 2.45) is 0 Å². The molecule has 0 unspecified atom stereocenters. The van der Waals surface area contributed by atoms with Crippen LogP contribution in [-0.4, -0.2) is 14.5 Å². The molecule has 0 aliphatic rings. The Morgan fingerprint density at radius 1 is 0.436 bits per heavy atom. The maximum Gasteiger partial charge on any atom is 0.161 e. The number of hydrogen-bond acceptors (Lipinski definition) is 4. The third-order valence-electron chi connectivity index (χ3n) is 11.0. The molecular formula is C50H29N3OS. The van der Waals surface area contributed by atoms with Crippen molar-refractivity contribution in [2.45, 2.75) is 0 Å². The molecule has 0 aliphatic carbocycles. The summed E-state index contributed by atoms with van der Waals surface area (Å²) >= 11 is 1.84. The van der Waals surface area contributed by atoms with Crippen LogP contribution in [0.3, 0.4) is 0 Å². The summed E-state index contributed by atoms with van der Waals surface area (Å²) in [7, 11) is 0. The van der Waals surface area contributed by atoms with Gasteiger partial charge < -0.3 is 8.98 Å². The van der Waals surface area contributed by atoms with Gasteiger partial charge in [-0.3, -0.25) is 0 Å². The minimum Gasteiger partial charge on any atom is -0.456 e. The number of para-hydroxylation sites is 3. The summed E-state index contributed by atoms with van der Waals surface area (Å²) in [5.41, 5.74) is 11.2. The molecule has 0 bridgehead atoms. The van der Waals surface area contributed by atoms with Gasteiger partial charge in [0.1, 0.15) is 11.2 Å². The maximum atomic E-state index is 6.48. The summed E-state index contributed by atoms with van der Waals surface area (Å²) in [6, 6.07) is 62.5. The van der Waals surface area contributed by atoms with E-state index in [9.17, 15) is 0 Å². The zero-order valence-electron chi connectivity index (χ0n) is 29.4. The first-order valence-corrected chi connectivity index (χ1v) is 19.3. The van der Waals surface area contributed by atoms with E-state index in [1.807, 2.05) is 29.5 Å². The van der Waals surface area contributed by atoms with Crippen molar-refractivity contribution in [3.8, 4) is 39.5 Å². The molecule has 12 aromatic rings. The fourth-order valence-corrected chi connectivity index (χ4v) is 9.57. The van der Waals surface area contributed by atoms with E-state index < -0.39 is 0 Å². The molecule has 0 saturated carbocycles. The fraction of sp³-hybridized carbons (Fsp3) is 0. The lowest BCUT2D eigenvalue weighted by Crippen LogP contribution is -1.97. The predicted molar refractivity (Wildman–Crippen MR) is 230 cm³/mol. The second-order valence-corrected chi connectivity index (χ2v) is 15.2. The topological polar surface area (TPSA) is 43.9 Å². The van der Waals surface area contributed by atoms with Gasteiger partial charge in [0, 0.05) is 63.9 Å². The number of rotatable bonds is 4. The van der Waals surface area contributed by atoms with Crippen LogP contribution < -0.4 is 0 Å². The first kappa shape index (κ1) is 30.4. The lowest BCUT2D eigenvalue weighted by Gasteiger charge is -2.12. The summed E-state index contributed by atoms with van der Waals surface area (Å²) in [5, 5.41) is 8.16. The summed E-state index contributed by atoms with van der Waals surface area (Å²) < 4.78 is 11.4. The molecule has 8 aromatic carbocycles. The Balaban J connectivity index is 1.01. The van der Waals surface area contributed by atoms with Crippen LogP contribution in [0.25, 0.3) is 114 Å². The van der Waals surface area contributed by atoms with Crippen LogP contribution in [0.4, 0.5) is 0 Å². The standard InChI is InChI=1S/C50H29N3OS/c1-5-15-41-37(13-1)49(30-20-24-33(25-21-30)53-42-16-6-2-10-34(42)35-11-3-7-17-43(35)53)52-50(51-41)38-14-9-18-45-48(38)40-29-31(22-26-44(40)54-45)32-23-27-47-39(28-32)36-12-4-8-19-46(36)55-47/h1-29H. The molecule has 0 N–H and O–H groups in total. The minimum absolute atomic E-state index is 0.671. The fourth-order valence-electron chi connectivity index (χ4n) is 8.48. The second kappa shape index (κ2) is 11.7. The highest BCUT2D eigenvalue weighted by Crippen LogP contribution is 2.41. The van der Waals surface area contributed by atoms with E-state index in [2.05, 4.69) is 162 Å². The number of aromatic nitrogens is 3. The van der Waals surface area contributed by atoms with Gasteiger partial charge >= 0.3 is 0 Å². The average Bonchev–Trinajstić information content (AvgIpc) is 3.92. The van der Waals surface area contributed by atoms with Crippen molar-refractivity contribution >= 4 is 86.2 Å². The zero-order valence-corrected chi connectivity index (χ0v) is 30.2. The SMILES string of the molecule is c1ccc2c(-c3ccc(-n4c5ccccc5c5ccccc54)cc3)nc(-c3cccc4oc5ccc(-c6ccc7sc8ccccc8c7c6)cc5c34)nc2c1. The normalized spacial score (nSPS) is 12.0. The maximum absolute atomic E-state index is 6.48. The molecule has 4 aromatic heterocycles. The number of hydrogen-bond donors (Lipinski definition) is 0. The Kier molecular flexibility index (Phi) is 6.47. The Morgan fingerprint density at radius 3 is 1.87 bits per heavy atom. The monoisotopic (exact) mass is 719 g/mol. The molecule has 4 nitrogen and oxygen atoms in total. The van der Waals surface area contributed by atoms with Crippen molar-refractivity contribution in [1.82, 2.24) is 14.5 Å². The van der Waals surface area contributed by atoms with Gasteiger partial charge in [0.15, 0.2) is 5.82 Å². The Labute approximate surface area is 319 Å². The molecule has 0 spiro atoms. The quantitative estimate of drug-likeness (QED) is 0.182. The van der Waals surface area contributed by atoms with Crippen molar-refractivity contribution in [2.75, 3.05) is 0 Å². The molecule has 0 atom stereocenters. The molecule has 12 rings (SSSR count). The van der Waals surface area contributed by atoms with Gasteiger partial charge in [0.05, 0.1) is 22.2 Å². The summed E-state index contributed by atoms with van der Waals surface area (Å²) in [6.07, 6.45) is 0. The number of benzene rings is 8. The van der Waals surface area contributed by atoms with Crippen LogP contribution >= 0.6 is 11.3 Å². The van der Waals surface area contributed by atoms with E-state index in [-0.39, 0.29) is 0 Å². The Bertz CT molecular complexity index is 3440. The largest absolute Gasteiger partial charge is 0.456 e. The highest BCUT2D eigenvalue weighted by Gasteiger charge is 2.19. The molecule has 0 saturated heterocycles. The molecular weight excluding hydrogens is 691 g/mol. The van der Waals surface area contributed by atoms with Gasteiger partial charge in [-0.25, -0.2) is 9.97 Å². The van der Waals surface area contributed by atoms with Gasteiger partial charge in [0.25, 0.3) is 0 Å². The van der Waals surface area contributed by atoms with Crippen LogP contribution in [0, 0.1) is 0 Å². The molecule has 0 fully saturated rings. The Hall–Kier alpha value is -7.08. The molecule has 55 heavy (non-hydrogen) atoms. The molecule has 0 aliphatic heterocycles. The van der Waals surface area contributed by atoms with Crippen molar-refractivity contribution in [1.29, 1.82) is 0 Å². The van der Waals surface area contributed by atoms with Gasteiger partial charge in [-0.1, -0.05) is 109 Å². The third kappa shape index (κ3) is 4.64. The molecule has 5 heteroatoms. The first-order valence-electron chi connectivity index (χ1n) is 18.5. The summed E-state index contributed by atoms with van der Waals surface area (Å²) in [5.74, 6) is 0.671. The number of nitrogens with zero attached hydrogens (tertiary/aromatic N) is 3. The molecule has 0 amide bonds. The minimum atomic E-state index is 0.671. The van der Waals surface area contributed by atoms with Gasteiger partial charge in [-0.2, -0.15) is 0 Å². The Morgan fingerprint density at radius 2 is 1.07 bits per heavy atom. The third-order valence-corrected chi connectivity index (χ3v) is 12.2. The van der Waals surface area contributed by atoms with Crippen molar-refractivity contribution in [3.63, 3.8) is 0 Å². The highest BCUT2D eigenvalue weighted by molar-refractivity contribution is 7.25.